The smallest absolute Gasteiger partial charge is 0.409 e. The van der Waals surface area contributed by atoms with Gasteiger partial charge in [0.15, 0.2) is 5.69 Å². The largest absolute Gasteiger partial charge is 0.450 e. The van der Waals surface area contributed by atoms with Gasteiger partial charge in [-0.05, 0) is 56.2 Å². The Kier molecular flexibility index (Phi) is 6.36. The monoisotopic (exact) mass is 387 g/mol. The molecule has 8 nitrogen and oxygen atoms in total. The van der Waals surface area contributed by atoms with Crippen LogP contribution in [0.5, 0.6) is 0 Å². The van der Waals surface area contributed by atoms with Crippen LogP contribution in [0.2, 0.25) is 0 Å². The Morgan fingerprint density at radius 3 is 2.46 bits per heavy atom. The van der Waals surface area contributed by atoms with Crippen LogP contribution in [0.3, 0.4) is 0 Å². The maximum atomic E-state index is 12.9. The van der Waals surface area contributed by atoms with E-state index in [2.05, 4.69) is 20.8 Å². The molecule has 3 rings (SSSR count). The van der Waals surface area contributed by atoms with Crippen LogP contribution in [0.25, 0.3) is 0 Å². The molecule has 0 saturated carbocycles. The molecule has 2 N–H and O–H groups in total. The summed E-state index contributed by atoms with van der Waals surface area (Å²) in [6.07, 6.45) is 1.26. The van der Waals surface area contributed by atoms with Crippen molar-refractivity contribution in [2.45, 2.75) is 25.8 Å². The lowest BCUT2D eigenvalue weighted by molar-refractivity contribution is 0.0982. The van der Waals surface area contributed by atoms with Gasteiger partial charge in [-0.15, -0.1) is 10.2 Å². The quantitative estimate of drug-likeness (QED) is 0.819. The van der Waals surface area contributed by atoms with E-state index in [0.717, 1.165) is 12.8 Å². The highest BCUT2D eigenvalue weighted by Crippen LogP contribution is 2.16. The third kappa shape index (κ3) is 5.15. The lowest BCUT2D eigenvalue weighted by atomic mass is 10.1. The van der Waals surface area contributed by atoms with Gasteiger partial charge in [0, 0.05) is 24.8 Å². The third-order valence-electron chi connectivity index (χ3n) is 4.37. The SMILES string of the molecule is CCOC(=O)N1CCC(Nc2ccc(C(=O)Nc3ccc(F)cc3)nn2)CC1. The topological polar surface area (TPSA) is 96.5 Å². The zero-order chi connectivity index (χ0) is 19.9. The number of ether oxygens (including phenoxy) is 1. The number of carbonyl (C=O) groups excluding carboxylic acids is 2. The summed E-state index contributed by atoms with van der Waals surface area (Å²) in [4.78, 5) is 25.6. The molecule has 9 heteroatoms. The van der Waals surface area contributed by atoms with Gasteiger partial charge in [0.1, 0.15) is 11.6 Å². The first-order chi connectivity index (χ1) is 13.5. The van der Waals surface area contributed by atoms with Gasteiger partial charge in [0.2, 0.25) is 0 Å². The molecular weight excluding hydrogens is 365 g/mol. The minimum absolute atomic E-state index is 0.159. The third-order valence-corrected chi connectivity index (χ3v) is 4.37. The van der Waals surface area contributed by atoms with Gasteiger partial charge in [-0.25, -0.2) is 9.18 Å². The van der Waals surface area contributed by atoms with Gasteiger partial charge in [-0.2, -0.15) is 0 Å². The van der Waals surface area contributed by atoms with Gasteiger partial charge < -0.3 is 20.3 Å². The lowest BCUT2D eigenvalue weighted by Gasteiger charge is -2.31. The second-order valence-electron chi connectivity index (χ2n) is 6.37. The van der Waals surface area contributed by atoms with E-state index < -0.39 is 5.91 Å². The number of aromatic nitrogens is 2. The molecule has 28 heavy (non-hydrogen) atoms. The summed E-state index contributed by atoms with van der Waals surface area (Å²) in [6, 6.07) is 8.90. The van der Waals surface area contributed by atoms with Gasteiger partial charge >= 0.3 is 6.09 Å². The van der Waals surface area contributed by atoms with Crippen molar-refractivity contribution in [3.63, 3.8) is 0 Å². The van der Waals surface area contributed by atoms with Crippen molar-refractivity contribution in [3.05, 3.63) is 47.9 Å². The Balaban J connectivity index is 1.50. The number of hydrogen-bond acceptors (Lipinski definition) is 6. The minimum atomic E-state index is -0.423. The van der Waals surface area contributed by atoms with Crippen LogP contribution in [0.4, 0.5) is 20.7 Å². The molecule has 1 aromatic heterocycles. The van der Waals surface area contributed by atoms with Crippen LogP contribution < -0.4 is 10.6 Å². The van der Waals surface area contributed by atoms with Crippen molar-refractivity contribution < 1.29 is 18.7 Å². The van der Waals surface area contributed by atoms with E-state index in [9.17, 15) is 14.0 Å². The molecule has 0 radical (unpaired) electrons. The average molecular weight is 387 g/mol. The van der Waals surface area contributed by atoms with Crippen molar-refractivity contribution in [2.75, 3.05) is 30.3 Å². The fourth-order valence-corrected chi connectivity index (χ4v) is 2.89. The highest BCUT2D eigenvalue weighted by molar-refractivity contribution is 6.02. The number of amides is 2. The standard InChI is InChI=1S/C19H22FN5O3/c1-2-28-19(27)25-11-9-15(10-12-25)21-17-8-7-16(23-24-17)18(26)22-14-5-3-13(20)4-6-14/h3-8,15H,2,9-12H2,1H3,(H,21,24)(H,22,26). The normalized spacial score (nSPS) is 14.4. The molecule has 0 atom stereocenters. The maximum absolute atomic E-state index is 12.9. The van der Waals surface area contributed by atoms with E-state index in [-0.39, 0.29) is 23.6 Å². The number of hydrogen-bond donors (Lipinski definition) is 2. The molecule has 2 aromatic rings. The molecule has 0 bridgehead atoms. The molecule has 1 fully saturated rings. The van der Waals surface area contributed by atoms with Crippen LogP contribution in [0, 0.1) is 5.82 Å². The molecule has 1 aliphatic heterocycles. The van der Waals surface area contributed by atoms with Crippen LogP contribution in [-0.2, 0) is 4.74 Å². The number of piperidine rings is 1. The van der Waals surface area contributed by atoms with Crippen LogP contribution >= 0.6 is 0 Å². The number of benzene rings is 1. The van der Waals surface area contributed by atoms with Gasteiger partial charge in [0.25, 0.3) is 5.91 Å². The Bertz CT molecular complexity index is 805. The first-order valence-electron chi connectivity index (χ1n) is 9.14. The summed E-state index contributed by atoms with van der Waals surface area (Å²) < 4.78 is 17.9. The second kappa shape index (κ2) is 9.12. The van der Waals surface area contributed by atoms with Crippen molar-refractivity contribution in [1.82, 2.24) is 15.1 Å². The molecule has 0 spiro atoms. The average Bonchev–Trinajstić information content (AvgIpc) is 2.71. The fourth-order valence-electron chi connectivity index (χ4n) is 2.89. The predicted molar refractivity (Wildman–Crippen MR) is 102 cm³/mol. The summed E-state index contributed by atoms with van der Waals surface area (Å²) >= 11 is 0. The van der Waals surface area contributed by atoms with Crippen molar-refractivity contribution in [3.8, 4) is 0 Å². The van der Waals surface area contributed by atoms with E-state index in [0.29, 0.717) is 31.2 Å². The first-order valence-corrected chi connectivity index (χ1v) is 9.14. The highest BCUT2D eigenvalue weighted by atomic mass is 19.1. The summed E-state index contributed by atoms with van der Waals surface area (Å²) in [7, 11) is 0. The number of nitrogens with one attached hydrogen (secondary N) is 2. The van der Waals surface area contributed by atoms with Crippen molar-refractivity contribution in [2.24, 2.45) is 0 Å². The summed E-state index contributed by atoms with van der Waals surface area (Å²) in [5.41, 5.74) is 0.635. The Morgan fingerprint density at radius 2 is 1.86 bits per heavy atom. The minimum Gasteiger partial charge on any atom is -0.450 e. The molecule has 0 aliphatic carbocycles. The Hall–Kier alpha value is -3.23. The van der Waals surface area contributed by atoms with Crippen molar-refractivity contribution in [1.29, 1.82) is 0 Å². The fraction of sp³-hybridized carbons (Fsp3) is 0.368. The van der Waals surface area contributed by atoms with Crippen molar-refractivity contribution >= 4 is 23.5 Å². The molecule has 2 heterocycles. The Labute approximate surface area is 162 Å². The summed E-state index contributed by atoms with van der Waals surface area (Å²) in [5, 5.41) is 13.9. The van der Waals surface area contributed by atoms with Gasteiger partial charge in [0.05, 0.1) is 6.61 Å². The number of likely N-dealkylation sites (tertiary alicyclic amines) is 1. The van der Waals surface area contributed by atoms with E-state index in [1.807, 2.05) is 0 Å². The van der Waals surface area contributed by atoms with E-state index >= 15 is 0 Å². The van der Waals surface area contributed by atoms with Crippen LogP contribution in [-0.4, -0.2) is 52.8 Å². The van der Waals surface area contributed by atoms with E-state index in [1.165, 1.54) is 24.3 Å². The number of carbonyl (C=O) groups is 2. The summed E-state index contributed by atoms with van der Waals surface area (Å²) in [6.45, 7) is 3.38. The number of nitrogens with zero attached hydrogens (tertiary/aromatic N) is 3. The first kappa shape index (κ1) is 19.5. The van der Waals surface area contributed by atoms with Crippen LogP contribution in [0.15, 0.2) is 36.4 Å². The van der Waals surface area contributed by atoms with E-state index in [1.54, 1.807) is 24.0 Å². The molecule has 1 aromatic carbocycles. The molecule has 2 amide bonds. The van der Waals surface area contributed by atoms with Crippen LogP contribution in [0.1, 0.15) is 30.3 Å². The molecular formula is C19H22FN5O3. The highest BCUT2D eigenvalue weighted by Gasteiger charge is 2.23. The number of halogens is 1. The molecule has 1 aliphatic rings. The molecule has 0 unspecified atom stereocenters. The van der Waals surface area contributed by atoms with Gasteiger partial charge in [-0.3, -0.25) is 4.79 Å². The summed E-state index contributed by atoms with van der Waals surface area (Å²) in [5.74, 6) is -0.234. The Morgan fingerprint density at radius 1 is 1.14 bits per heavy atom. The zero-order valence-corrected chi connectivity index (χ0v) is 15.5. The zero-order valence-electron chi connectivity index (χ0n) is 15.5. The number of rotatable bonds is 5. The molecule has 1 saturated heterocycles. The molecule has 148 valence electrons. The second-order valence-corrected chi connectivity index (χ2v) is 6.37. The predicted octanol–water partition coefficient (Wildman–Crippen LogP) is 2.90. The lowest BCUT2D eigenvalue weighted by Crippen LogP contribution is -2.42. The van der Waals surface area contributed by atoms with E-state index in [4.69, 9.17) is 4.74 Å². The number of anilines is 2. The maximum Gasteiger partial charge on any atom is 0.409 e. The van der Waals surface area contributed by atoms with Gasteiger partial charge in [-0.1, -0.05) is 0 Å².